The van der Waals surface area contributed by atoms with Crippen molar-refractivity contribution in [2.45, 2.75) is 0 Å². The first-order valence-corrected chi connectivity index (χ1v) is 7.81. The zero-order valence-corrected chi connectivity index (χ0v) is 14.2. The van der Waals surface area contributed by atoms with E-state index in [-0.39, 0.29) is 23.7 Å². The number of esters is 1. The number of nitro benzene ring substituents is 1. The van der Waals surface area contributed by atoms with Crippen molar-refractivity contribution in [3.05, 3.63) is 52.1 Å². The number of fused-ring (bicyclic) bond motifs is 1. The first kappa shape index (κ1) is 18.0. The van der Waals surface area contributed by atoms with Crippen LogP contribution >= 0.6 is 0 Å². The van der Waals surface area contributed by atoms with E-state index in [9.17, 15) is 19.7 Å². The fraction of sp³-hybridized carbons (Fsp3) is 0.176. The molecule has 0 atom stereocenters. The van der Waals surface area contributed by atoms with Gasteiger partial charge in [-0.1, -0.05) is 0 Å². The molecule has 1 heterocycles. The van der Waals surface area contributed by atoms with Crippen LogP contribution in [0.3, 0.4) is 0 Å². The number of nitrogens with zero attached hydrogens (tertiary/aromatic N) is 1. The summed E-state index contributed by atoms with van der Waals surface area (Å²) in [5.41, 5.74) is 0.416. The van der Waals surface area contributed by atoms with Gasteiger partial charge >= 0.3 is 5.97 Å². The Kier molecular flexibility index (Phi) is 5.06. The topological polar surface area (TPSA) is 129 Å². The Morgan fingerprint density at radius 1 is 1.19 bits per heavy atom. The molecule has 2 N–H and O–H groups in total. The van der Waals surface area contributed by atoms with Crippen LogP contribution in [-0.4, -0.2) is 37.2 Å². The van der Waals surface area contributed by atoms with Crippen molar-refractivity contribution in [3.63, 3.8) is 0 Å². The number of amides is 1. The predicted molar refractivity (Wildman–Crippen MR) is 94.1 cm³/mol. The molecular formula is C17H15N3O7. The summed E-state index contributed by atoms with van der Waals surface area (Å²) in [6, 6.07) is 8.70. The Bertz CT molecular complexity index is 913. The molecule has 0 radical (unpaired) electrons. The second-order valence-corrected chi connectivity index (χ2v) is 5.43. The third kappa shape index (κ3) is 4.06. The van der Waals surface area contributed by atoms with E-state index in [1.54, 1.807) is 18.2 Å². The Morgan fingerprint density at radius 3 is 2.70 bits per heavy atom. The number of carbonyl (C=O) groups excluding carboxylic acids is 2. The van der Waals surface area contributed by atoms with Crippen molar-refractivity contribution >= 4 is 28.9 Å². The van der Waals surface area contributed by atoms with E-state index in [1.807, 2.05) is 0 Å². The Morgan fingerprint density at radius 2 is 1.96 bits per heavy atom. The number of hydrogen-bond donors (Lipinski definition) is 2. The summed E-state index contributed by atoms with van der Waals surface area (Å²) < 4.78 is 15.3. The normalized spacial score (nSPS) is 11.6. The van der Waals surface area contributed by atoms with Crippen molar-refractivity contribution < 1.29 is 28.7 Å². The van der Waals surface area contributed by atoms with Crippen molar-refractivity contribution in [1.82, 2.24) is 0 Å². The van der Waals surface area contributed by atoms with Crippen LogP contribution in [0.4, 0.5) is 17.1 Å². The highest BCUT2D eigenvalue weighted by atomic mass is 16.7. The lowest BCUT2D eigenvalue weighted by atomic mass is 10.1. The third-order valence-electron chi connectivity index (χ3n) is 3.69. The summed E-state index contributed by atoms with van der Waals surface area (Å²) in [6.45, 7) is -0.433. The molecule has 1 amide bonds. The molecule has 10 heteroatoms. The molecule has 27 heavy (non-hydrogen) atoms. The molecule has 0 unspecified atom stereocenters. The maximum Gasteiger partial charge on any atom is 0.338 e. The highest BCUT2D eigenvalue weighted by Gasteiger charge is 2.19. The van der Waals surface area contributed by atoms with Crippen molar-refractivity contribution in [2.24, 2.45) is 0 Å². The quantitative estimate of drug-likeness (QED) is 0.448. The molecule has 2 aromatic carbocycles. The van der Waals surface area contributed by atoms with E-state index in [2.05, 4.69) is 10.6 Å². The van der Waals surface area contributed by atoms with Crippen LogP contribution in [0.1, 0.15) is 10.4 Å². The van der Waals surface area contributed by atoms with Gasteiger partial charge in [-0.15, -0.1) is 0 Å². The molecule has 0 spiro atoms. The molecule has 0 saturated heterocycles. The van der Waals surface area contributed by atoms with E-state index in [0.717, 1.165) is 6.07 Å². The fourth-order valence-electron chi connectivity index (χ4n) is 2.41. The van der Waals surface area contributed by atoms with Gasteiger partial charge in [0.15, 0.2) is 18.1 Å². The number of benzene rings is 2. The minimum atomic E-state index is -0.846. The van der Waals surface area contributed by atoms with Gasteiger partial charge in [0.05, 0.1) is 10.5 Å². The number of ether oxygens (including phenoxy) is 3. The maximum absolute atomic E-state index is 12.0. The zero-order chi connectivity index (χ0) is 19.4. The van der Waals surface area contributed by atoms with E-state index >= 15 is 0 Å². The zero-order valence-electron chi connectivity index (χ0n) is 14.2. The van der Waals surface area contributed by atoms with Crippen molar-refractivity contribution in [1.29, 1.82) is 0 Å². The van der Waals surface area contributed by atoms with E-state index in [4.69, 9.17) is 14.2 Å². The van der Waals surface area contributed by atoms with E-state index < -0.39 is 23.4 Å². The lowest BCUT2D eigenvalue weighted by Crippen LogP contribution is -2.21. The van der Waals surface area contributed by atoms with Gasteiger partial charge in [-0.3, -0.25) is 14.9 Å². The van der Waals surface area contributed by atoms with E-state index in [0.29, 0.717) is 17.2 Å². The first-order chi connectivity index (χ1) is 13.0. The fourth-order valence-corrected chi connectivity index (χ4v) is 2.41. The number of rotatable bonds is 6. The Labute approximate surface area is 153 Å². The van der Waals surface area contributed by atoms with Crippen LogP contribution < -0.4 is 20.1 Å². The molecular weight excluding hydrogens is 358 g/mol. The molecule has 3 rings (SSSR count). The Balaban J connectivity index is 1.59. The largest absolute Gasteiger partial charge is 0.454 e. The highest BCUT2D eigenvalue weighted by molar-refractivity contribution is 5.96. The minimum Gasteiger partial charge on any atom is -0.454 e. The molecule has 2 aromatic rings. The molecule has 10 nitrogen and oxygen atoms in total. The summed E-state index contributed by atoms with van der Waals surface area (Å²) in [6.07, 6.45) is 0. The van der Waals surface area contributed by atoms with Crippen molar-refractivity contribution in [3.8, 4) is 11.5 Å². The lowest BCUT2D eigenvalue weighted by molar-refractivity contribution is -0.384. The first-order valence-electron chi connectivity index (χ1n) is 7.81. The number of nitro groups is 1. The van der Waals surface area contributed by atoms with Crippen LogP contribution in [-0.2, 0) is 9.53 Å². The molecule has 0 saturated carbocycles. The second kappa shape index (κ2) is 7.60. The van der Waals surface area contributed by atoms with E-state index in [1.165, 1.54) is 19.2 Å². The SMILES string of the molecule is CNc1ccc(C(=O)OCC(=O)Nc2ccc3c(c2)OCO3)cc1[N+](=O)[O-]. The summed E-state index contributed by atoms with van der Waals surface area (Å²) in [4.78, 5) is 34.4. The molecule has 1 aliphatic rings. The van der Waals surface area contributed by atoms with Crippen LogP contribution in [0, 0.1) is 10.1 Å². The number of carbonyl (C=O) groups is 2. The highest BCUT2D eigenvalue weighted by Crippen LogP contribution is 2.34. The summed E-state index contributed by atoms with van der Waals surface area (Å²) >= 11 is 0. The van der Waals surface area contributed by atoms with Gasteiger partial charge in [0.2, 0.25) is 6.79 Å². The van der Waals surface area contributed by atoms with Crippen LogP contribution in [0.25, 0.3) is 0 Å². The van der Waals surface area contributed by atoms with Crippen LogP contribution in [0.5, 0.6) is 11.5 Å². The molecule has 0 fully saturated rings. The minimum absolute atomic E-state index is 0.0309. The maximum atomic E-state index is 12.0. The molecule has 0 aromatic heterocycles. The van der Waals surface area contributed by atoms with Gasteiger partial charge in [-0.25, -0.2) is 4.79 Å². The predicted octanol–water partition coefficient (Wildman–Crippen LogP) is 2.16. The number of anilines is 2. The van der Waals surface area contributed by atoms with Gasteiger partial charge < -0.3 is 24.8 Å². The molecule has 1 aliphatic heterocycles. The van der Waals surface area contributed by atoms with Gasteiger partial charge in [0.1, 0.15) is 5.69 Å². The number of hydrogen-bond acceptors (Lipinski definition) is 8. The average molecular weight is 373 g/mol. The number of nitrogens with one attached hydrogen (secondary N) is 2. The summed E-state index contributed by atoms with van der Waals surface area (Å²) in [7, 11) is 1.53. The van der Waals surface area contributed by atoms with Crippen LogP contribution in [0.15, 0.2) is 36.4 Å². The monoisotopic (exact) mass is 373 g/mol. The van der Waals surface area contributed by atoms with Gasteiger partial charge in [0.25, 0.3) is 11.6 Å². The molecule has 0 aliphatic carbocycles. The Hall–Kier alpha value is -3.82. The smallest absolute Gasteiger partial charge is 0.338 e. The second-order valence-electron chi connectivity index (χ2n) is 5.43. The van der Waals surface area contributed by atoms with Gasteiger partial charge in [0, 0.05) is 24.9 Å². The van der Waals surface area contributed by atoms with Gasteiger partial charge in [-0.05, 0) is 24.3 Å². The lowest BCUT2D eigenvalue weighted by Gasteiger charge is -2.08. The van der Waals surface area contributed by atoms with Gasteiger partial charge in [-0.2, -0.15) is 0 Å². The summed E-state index contributed by atoms with van der Waals surface area (Å²) in [5, 5.41) is 16.3. The summed E-state index contributed by atoms with van der Waals surface area (Å²) in [5.74, 6) is -0.335. The van der Waals surface area contributed by atoms with Crippen LogP contribution in [0.2, 0.25) is 0 Å². The van der Waals surface area contributed by atoms with Crippen molar-refractivity contribution in [2.75, 3.05) is 31.1 Å². The standard InChI is InChI=1S/C17H15N3O7/c1-18-12-4-2-10(6-13(12)20(23)24)17(22)25-8-16(21)19-11-3-5-14-15(7-11)27-9-26-14/h2-7,18H,8-9H2,1H3,(H,19,21). The average Bonchev–Trinajstić information content (AvgIpc) is 3.13. The third-order valence-corrected chi connectivity index (χ3v) is 3.69. The molecule has 0 bridgehead atoms. The molecule has 140 valence electrons.